The van der Waals surface area contributed by atoms with Crippen molar-refractivity contribution in [3.05, 3.63) is 60.2 Å². The van der Waals surface area contributed by atoms with E-state index in [1.165, 1.54) is 27.1 Å². The minimum atomic E-state index is -0.0307. The summed E-state index contributed by atoms with van der Waals surface area (Å²) >= 11 is 0. The highest BCUT2D eigenvalue weighted by Crippen LogP contribution is 2.44. The van der Waals surface area contributed by atoms with Gasteiger partial charge in [-0.25, -0.2) is 0 Å². The molecule has 0 aliphatic carbocycles. The Labute approximate surface area is 139 Å². The van der Waals surface area contributed by atoms with Gasteiger partial charge < -0.3 is 8.83 Å². The highest BCUT2D eigenvalue weighted by atomic mass is 16.3. The van der Waals surface area contributed by atoms with Gasteiger partial charge in [-0.1, -0.05) is 57.2 Å². The summed E-state index contributed by atoms with van der Waals surface area (Å²) in [4.78, 5) is 0. The van der Waals surface area contributed by atoms with Crippen LogP contribution in [0.4, 0.5) is 0 Å². The van der Waals surface area contributed by atoms with Crippen LogP contribution in [0.1, 0.15) is 26.3 Å². The largest absolute Gasteiger partial charge is 0.456 e. The minimum Gasteiger partial charge on any atom is -0.456 e. The lowest BCUT2D eigenvalue weighted by Crippen LogP contribution is -2.12. The van der Waals surface area contributed by atoms with Gasteiger partial charge in [0, 0.05) is 27.6 Å². The molecule has 0 aliphatic rings. The molecule has 0 N–H and O–H groups in total. The summed E-state index contributed by atoms with van der Waals surface area (Å²) in [6.07, 6.45) is 0. The molecular formula is C22H18O2. The summed E-state index contributed by atoms with van der Waals surface area (Å²) in [6.45, 7) is 6.76. The fraction of sp³-hybridized carbons (Fsp3) is 0.182. The Morgan fingerprint density at radius 1 is 0.625 bits per heavy atom. The lowest BCUT2D eigenvalue weighted by atomic mass is 9.81. The van der Waals surface area contributed by atoms with Gasteiger partial charge in [0.05, 0.1) is 0 Å². The van der Waals surface area contributed by atoms with Gasteiger partial charge in [0.1, 0.15) is 22.3 Å². The van der Waals surface area contributed by atoms with Crippen LogP contribution >= 0.6 is 0 Å². The number of rotatable bonds is 0. The molecule has 0 fully saturated rings. The summed E-state index contributed by atoms with van der Waals surface area (Å²) in [5, 5.41) is 4.75. The minimum absolute atomic E-state index is 0.0307. The van der Waals surface area contributed by atoms with Gasteiger partial charge in [-0.2, -0.15) is 0 Å². The van der Waals surface area contributed by atoms with Crippen molar-refractivity contribution in [2.24, 2.45) is 0 Å². The van der Waals surface area contributed by atoms with Crippen molar-refractivity contribution in [3.8, 4) is 0 Å². The Morgan fingerprint density at radius 3 is 1.54 bits per heavy atom. The van der Waals surface area contributed by atoms with Gasteiger partial charge >= 0.3 is 0 Å². The van der Waals surface area contributed by atoms with Crippen molar-refractivity contribution in [2.75, 3.05) is 0 Å². The molecule has 0 amide bonds. The van der Waals surface area contributed by atoms with E-state index in [1.54, 1.807) is 0 Å². The average Bonchev–Trinajstić information content (AvgIpc) is 3.09. The number of fused-ring (bicyclic) bond motifs is 6. The SMILES string of the molecule is CC(C)(C)c1c2c(cc3oc4ccccc4c13)oc1ccccc12. The topological polar surface area (TPSA) is 26.3 Å². The maximum Gasteiger partial charge on any atom is 0.139 e. The third-order valence-electron chi connectivity index (χ3n) is 4.76. The number of hydrogen-bond acceptors (Lipinski definition) is 2. The zero-order valence-corrected chi connectivity index (χ0v) is 14.0. The molecular weight excluding hydrogens is 296 g/mol. The van der Waals surface area contributed by atoms with Crippen molar-refractivity contribution in [1.82, 2.24) is 0 Å². The van der Waals surface area contributed by atoms with Gasteiger partial charge in [-0.3, -0.25) is 0 Å². The van der Waals surface area contributed by atoms with Crippen molar-refractivity contribution in [1.29, 1.82) is 0 Å². The van der Waals surface area contributed by atoms with Gasteiger partial charge in [0.2, 0.25) is 0 Å². The van der Waals surface area contributed by atoms with Crippen LogP contribution in [0.2, 0.25) is 0 Å². The van der Waals surface area contributed by atoms with Gasteiger partial charge in [-0.05, 0) is 23.1 Å². The van der Waals surface area contributed by atoms with Crippen LogP contribution < -0.4 is 0 Å². The second-order valence-corrected chi connectivity index (χ2v) is 7.44. The first-order chi connectivity index (χ1) is 11.5. The Morgan fingerprint density at radius 2 is 1.08 bits per heavy atom. The van der Waals surface area contributed by atoms with Crippen molar-refractivity contribution in [2.45, 2.75) is 26.2 Å². The fourth-order valence-electron chi connectivity index (χ4n) is 3.84. The molecule has 2 nitrogen and oxygen atoms in total. The smallest absolute Gasteiger partial charge is 0.139 e. The number of hydrogen-bond donors (Lipinski definition) is 0. The molecule has 2 heteroatoms. The highest BCUT2D eigenvalue weighted by Gasteiger charge is 2.26. The Hall–Kier alpha value is -2.74. The fourth-order valence-corrected chi connectivity index (χ4v) is 3.84. The van der Waals surface area contributed by atoms with Crippen molar-refractivity contribution < 1.29 is 8.83 Å². The molecule has 24 heavy (non-hydrogen) atoms. The lowest BCUT2D eigenvalue weighted by molar-refractivity contribution is 0.598. The Balaban J connectivity index is 2.14. The quantitative estimate of drug-likeness (QED) is 0.315. The van der Waals surface area contributed by atoms with E-state index < -0.39 is 0 Å². The first-order valence-corrected chi connectivity index (χ1v) is 8.30. The Bertz CT molecular complexity index is 1140. The molecule has 0 aliphatic heterocycles. The van der Waals surface area contributed by atoms with Crippen molar-refractivity contribution in [3.63, 3.8) is 0 Å². The summed E-state index contributed by atoms with van der Waals surface area (Å²) in [5.74, 6) is 0. The second kappa shape index (κ2) is 4.41. The molecule has 2 heterocycles. The predicted octanol–water partition coefficient (Wildman–Crippen LogP) is 6.78. The van der Waals surface area contributed by atoms with E-state index in [9.17, 15) is 0 Å². The maximum atomic E-state index is 6.13. The highest BCUT2D eigenvalue weighted by molar-refractivity contribution is 6.18. The zero-order valence-electron chi connectivity index (χ0n) is 14.0. The monoisotopic (exact) mass is 314 g/mol. The average molecular weight is 314 g/mol. The summed E-state index contributed by atoms with van der Waals surface area (Å²) in [5.41, 5.74) is 4.91. The molecule has 0 atom stereocenters. The predicted molar refractivity (Wildman–Crippen MR) is 99.7 cm³/mol. The molecule has 0 saturated heterocycles. The van der Waals surface area contributed by atoms with Gasteiger partial charge in [0.15, 0.2) is 0 Å². The van der Waals surface area contributed by atoms with Crippen LogP contribution in [-0.2, 0) is 5.41 Å². The molecule has 3 aromatic carbocycles. The standard InChI is InChI=1S/C22H18O2/c1-22(2,3)21-19-13-8-4-6-10-15(13)23-17(19)12-18-20(21)14-9-5-7-11-16(14)24-18/h4-12H,1-3H3. The molecule has 5 rings (SSSR count). The van der Waals surface area contributed by atoms with E-state index in [1.807, 2.05) is 30.3 Å². The van der Waals surface area contributed by atoms with E-state index in [0.29, 0.717) is 0 Å². The third kappa shape index (κ3) is 1.71. The van der Waals surface area contributed by atoms with Crippen LogP contribution in [0, 0.1) is 0 Å². The van der Waals surface area contributed by atoms with Crippen molar-refractivity contribution >= 4 is 43.9 Å². The molecule has 0 spiro atoms. The van der Waals surface area contributed by atoms with E-state index in [4.69, 9.17) is 8.83 Å². The molecule has 5 aromatic rings. The first-order valence-electron chi connectivity index (χ1n) is 8.30. The summed E-state index contributed by atoms with van der Waals surface area (Å²) in [6, 6.07) is 18.6. The molecule has 0 saturated carbocycles. The van der Waals surface area contributed by atoms with Crippen LogP contribution in [0.15, 0.2) is 63.4 Å². The second-order valence-electron chi connectivity index (χ2n) is 7.44. The van der Waals surface area contributed by atoms with E-state index in [-0.39, 0.29) is 5.41 Å². The number of benzene rings is 3. The third-order valence-corrected chi connectivity index (χ3v) is 4.76. The zero-order chi connectivity index (χ0) is 16.5. The summed E-state index contributed by atoms with van der Waals surface area (Å²) in [7, 11) is 0. The lowest BCUT2D eigenvalue weighted by Gasteiger charge is -2.21. The van der Waals surface area contributed by atoms with Crippen LogP contribution in [0.3, 0.4) is 0 Å². The van der Waals surface area contributed by atoms with Crippen LogP contribution in [0.25, 0.3) is 43.9 Å². The van der Waals surface area contributed by atoms with Crippen LogP contribution in [0.5, 0.6) is 0 Å². The number of para-hydroxylation sites is 2. The van der Waals surface area contributed by atoms with Gasteiger partial charge in [-0.15, -0.1) is 0 Å². The van der Waals surface area contributed by atoms with Gasteiger partial charge in [0.25, 0.3) is 0 Å². The van der Waals surface area contributed by atoms with E-state index >= 15 is 0 Å². The molecule has 2 aromatic heterocycles. The normalized spacial score (nSPS) is 12.8. The molecule has 0 radical (unpaired) electrons. The molecule has 0 unspecified atom stereocenters. The first kappa shape index (κ1) is 13.7. The summed E-state index contributed by atoms with van der Waals surface area (Å²) < 4.78 is 12.3. The maximum absolute atomic E-state index is 6.13. The molecule has 0 bridgehead atoms. The Kier molecular flexibility index (Phi) is 2.52. The number of furan rings is 2. The van der Waals surface area contributed by atoms with E-state index in [0.717, 1.165) is 22.3 Å². The van der Waals surface area contributed by atoms with Crippen LogP contribution in [-0.4, -0.2) is 0 Å². The van der Waals surface area contributed by atoms with E-state index in [2.05, 4.69) is 45.0 Å². The molecule has 118 valence electrons.